The van der Waals surface area contributed by atoms with Gasteiger partial charge in [-0.25, -0.2) is 9.18 Å². The molecular weight excluding hydrogens is 527 g/mol. The van der Waals surface area contributed by atoms with Gasteiger partial charge in [0.15, 0.2) is 0 Å². The van der Waals surface area contributed by atoms with Gasteiger partial charge in [0, 0.05) is 38.2 Å². The lowest BCUT2D eigenvalue weighted by Gasteiger charge is -2.16. The number of rotatable bonds is 11. The molecule has 0 aliphatic heterocycles. The molecule has 2 unspecified atom stereocenters. The molecule has 1 aromatic heterocycles. The topological polar surface area (TPSA) is 151 Å². The third-order valence-electron chi connectivity index (χ3n) is 7.97. The zero-order valence-corrected chi connectivity index (χ0v) is 22.8. The van der Waals surface area contributed by atoms with Crippen molar-refractivity contribution in [3.05, 3.63) is 40.3 Å². The predicted molar refractivity (Wildman–Crippen MR) is 146 cm³/mol. The lowest BCUT2D eigenvalue weighted by Crippen LogP contribution is -2.28. The number of nitrogen functional groups attached to an aromatic ring is 1. The summed E-state index contributed by atoms with van der Waals surface area (Å²) >= 11 is 5.86. The minimum Gasteiger partial charge on any atom is -0.465 e. The molecule has 0 spiro atoms. The van der Waals surface area contributed by atoms with Gasteiger partial charge in [-0.15, -0.1) is 0 Å². The summed E-state index contributed by atoms with van der Waals surface area (Å²) in [7, 11) is 1.71. The van der Waals surface area contributed by atoms with Crippen LogP contribution in [0.5, 0.6) is 0 Å². The van der Waals surface area contributed by atoms with E-state index in [4.69, 9.17) is 22.4 Å². The van der Waals surface area contributed by atoms with E-state index in [1.165, 1.54) is 22.9 Å². The van der Waals surface area contributed by atoms with Crippen LogP contribution in [0, 0.1) is 23.6 Å². The monoisotopic (exact) mass is 562 g/mol. The van der Waals surface area contributed by atoms with Crippen molar-refractivity contribution in [3.63, 3.8) is 0 Å². The van der Waals surface area contributed by atoms with Crippen LogP contribution in [0.3, 0.4) is 0 Å². The molecule has 2 fully saturated rings. The number of hydrogen-bond donors (Lipinski definition) is 5. The standard InChI is InChI=1S/C27H36ClFN6O4/c1-35-25(30)23(26(37)33-19-6-7-21(29)20(28)13-19)24(34-35)18-11-16-9-15(10-17(16)12-18)14-32-22(36)5-3-2-4-8-31-27(38)39/h6-7,13,15-18,31H,2-5,8-12,14,30H2,1H3,(H,32,36)(H,33,37)(H,38,39). The Bertz CT molecular complexity index is 1210. The molecule has 6 N–H and O–H groups in total. The molecular formula is C27H36ClFN6O4. The highest BCUT2D eigenvalue weighted by molar-refractivity contribution is 6.31. The highest BCUT2D eigenvalue weighted by atomic mass is 35.5. The van der Waals surface area contributed by atoms with Gasteiger partial charge in [-0.2, -0.15) is 5.10 Å². The molecule has 1 aromatic carbocycles. The molecule has 0 bridgehead atoms. The van der Waals surface area contributed by atoms with Crippen LogP contribution in [0.1, 0.15) is 73.3 Å². The van der Waals surface area contributed by atoms with Crippen LogP contribution in [0.15, 0.2) is 18.2 Å². The SMILES string of the molecule is Cn1nc(C2CC3CC(CNC(=O)CCCCCNC(=O)O)CC3C2)c(C(=O)Nc2ccc(F)c(Cl)c2)c1N. The molecule has 4 rings (SSSR count). The first kappa shape index (κ1) is 28.7. The van der Waals surface area contributed by atoms with Crippen LogP contribution in [-0.4, -0.2) is 45.9 Å². The Hall–Kier alpha value is -3.34. The lowest BCUT2D eigenvalue weighted by atomic mass is 9.93. The van der Waals surface area contributed by atoms with Gasteiger partial charge in [-0.3, -0.25) is 14.3 Å². The maximum absolute atomic E-state index is 13.5. The summed E-state index contributed by atoms with van der Waals surface area (Å²) in [5.74, 6) is 0.937. The number of fused-ring (bicyclic) bond motifs is 1. The number of aromatic nitrogens is 2. The van der Waals surface area contributed by atoms with Crippen LogP contribution in [-0.2, 0) is 11.8 Å². The van der Waals surface area contributed by atoms with E-state index in [1.54, 1.807) is 7.05 Å². The second-order valence-electron chi connectivity index (χ2n) is 10.7. The second kappa shape index (κ2) is 12.7. The van der Waals surface area contributed by atoms with E-state index < -0.39 is 17.8 Å². The van der Waals surface area contributed by atoms with Crippen molar-refractivity contribution in [2.24, 2.45) is 24.8 Å². The molecule has 12 heteroatoms. The molecule has 2 atom stereocenters. The number of hydrogen-bond acceptors (Lipinski definition) is 5. The van der Waals surface area contributed by atoms with Crippen molar-refractivity contribution in [3.8, 4) is 0 Å². The highest BCUT2D eigenvalue weighted by Gasteiger charge is 2.44. The molecule has 3 amide bonds. The third kappa shape index (κ3) is 7.20. The molecule has 0 radical (unpaired) electrons. The lowest BCUT2D eigenvalue weighted by molar-refractivity contribution is -0.121. The Kier molecular flexibility index (Phi) is 9.32. The maximum atomic E-state index is 13.5. The highest BCUT2D eigenvalue weighted by Crippen LogP contribution is 2.52. The van der Waals surface area contributed by atoms with Crippen molar-refractivity contribution >= 4 is 41.0 Å². The van der Waals surface area contributed by atoms with Gasteiger partial charge in [-0.1, -0.05) is 18.0 Å². The number of benzene rings is 1. The molecule has 2 aliphatic carbocycles. The van der Waals surface area contributed by atoms with E-state index in [1.807, 2.05) is 0 Å². The number of carbonyl (C=O) groups excluding carboxylic acids is 2. The first-order chi connectivity index (χ1) is 18.6. The van der Waals surface area contributed by atoms with E-state index in [0.29, 0.717) is 54.2 Å². The third-order valence-corrected chi connectivity index (χ3v) is 8.26. The van der Waals surface area contributed by atoms with Crippen LogP contribution in [0.25, 0.3) is 0 Å². The summed E-state index contributed by atoms with van der Waals surface area (Å²) in [6, 6.07) is 4.01. The quantitative estimate of drug-likeness (QED) is 0.254. The van der Waals surface area contributed by atoms with Crippen molar-refractivity contribution in [2.75, 3.05) is 24.1 Å². The van der Waals surface area contributed by atoms with E-state index in [2.05, 4.69) is 21.0 Å². The van der Waals surface area contributed by atoms with Crippen molar-refractivity contribution in [1.29, 1.82) is 0 Å². The van der Waals surface area contributed by atoms with Crippen molar-refractivity contribution in [2.45, 2.75) is 57.3 Å². The van der Waals surface area contributed by atoms with Crippen molar-refractivity contribution in [1.82, 2.24) is 20.4 Å². The molecule has 2 aliphatic rings. The number of carbonyl (C=O) groups is 3. The zero-order chi connectivity index (χ0) is 28.1. The predicted octanol–water partition coefficient (Wildman–Crippen LogP) is 4.51. The summed E-state index contributed by atoms with van der Waals surface area (Å²) in [4.78, 5) is 35.8. The zero-order valence-electron chi connectivity index (χ0n) is 22.0. The number of nitrogens with zero attached hydrogens (tertiary/aromatic N) is 2. The average molecular weight is 563 g/mol. The molecule has 10 nitrogen and oxygen atoms in total. The first-order valence-electron chi connectivity index (χ1n) is 13.4. The number of carboxylic acid groups (broad SMARTS) is 1. The second-order valence-corrected chi connectivity index (χ2v) is 11.1. The Morgan fingerprint density at radius 1 is 1.13 bits per heavy atom. The maximum Gasteiger partial charge on any atom is 0.404 e. The number of amides is 3. The molecule has 1 heterocycles. The minimum absolute atomic E-state index is 0.0400. The van der Waals surface area contributed by atoms with E-state index >= 15 is 0 Å². The minimum atomic E-state index is -1.02. The Morgan fingerprint density at radius 3 is 2.51 bits per heavy atom. The Balaban J connectivity index is 1.26. The van der Waals surface area contributed by atoms with Crippen LogP contribution < -0.4 is 21.7 Å². The average Bonchev–Trinajstić information content (AvgIpc) is 3.53. The summed E-state index contributed by atoms with van der Waals surface area (Å²) in [6.07, 6.45) is 5.57. The van der Waals surface area contributed by atoms with E-state index in [-0.39, 0.29) is 22.7 Å². The molecule has 212 valence electrons. The number of nitrogens with two attached hydrogens (primary N) is 1. The first-order valence-corrected chi connectivity index (χ1v) is 13.8. The van der Waals surface area contributed by atoms with Gasteiger partial charge in [0.2, 0.25) is 5.91 Å². The number of anilines is 2. The number of halogens is 2. The summed E-state index contributed by atoms with van der Waals surface area (Å²) in [6.45, 7) is 1.07. The van der Waals surface area contributed by atoms with E-state index in [9.17, 15) is 18.8 Å². The van der Waals surface area contributed by atoms with Gasteiger partial charge in [-0.05, 0) is 74.5 Å². The van der Waals surface area contributed by atoms with Gasteiger partial charge in [0.05, 0.1) is 10.7 Å². The normalized spacial score (nSPS) is 21.9. The van der Waals surface area contributed by atoms with Crippen molar-refractivity contribution < 1.29 is 23.9 Å². The fraction of sp³-hybridized carbons (Fsp3) is 0.556. The van der Waals surface area contributed by atoms with Crippen LogP contribution >= 0.6 is 11.6 Å². The molecule has 2 aromatic rings. The fourth-order valence-electron chi connectivity index (χ4n) is 6.11. The van der Waals surface area contributed by atoms with Gasteiger partial charge >= 0.3 is 6.09 Å². The molecule has 2 saturated carbocycles. The smallest absolute Gasteiger partial charge is 0.404 e. The van der Waals surface area contributed by atoms with Crippen LogP contribution in [0.4, 0.5) is 20.7 Å². The Morgan fingerprint density at radius 2 is 1.85 bits per heavy atom. The summed E-state index contributed by atoms with van der Waals surface area (Å²) in [5.41, 5.74) is 7.67. The number of aryl methyl sites for hydroxylation is 1. The largest absolute Gasteiger partial charge is 0.465 e. The van der Waals surface area contributed by atoms with Gasteiger partial charge < -0.3 is 26.8 Å². The number of nitrogens with one attached hydrogen (secondary N) is 3. The molecule has 0 saturated heterocycles. The van der Waals surface area contributed by atoms with E-state index in [0.717, 1.165) is 44.9 Å². The number of unbranched alkanes of at least 4 members (excludes halogenated alkanes) is 2. The van der Waals surface area contributed by atoms with Crippen LogP contribution in [0.2, 0.25) is 5.02 Å². The van der Waals surface area contributed by atoms with Gasteiger partial charge in [0.25, 0.3) is 5.91 Å². The summed E-state index contributed by atoms with van der Waals surface area (Å²) in [5, 5.41) is 21.2. The Labute approximate surface area is 231 Å². The summed E-state index contributed by atoms with van der Waals surface area (Å²) < 4.78 is 15.0. The van der Waals surface area contributed by atoms with Gasteiger partial charge in [0.1, 0.15) is 17.2 Å². The fourth-order valence-corrected chi connectivity index (χ4v) is 6.29. The molecule has 39 heavy (non-hydrogen) atoms.